The minimum absolute atomic E-state index is 0.186. The molecular formula is C6H11N3O3S. The molecule has 0 bridgehead atoms. The van der Waals surface area contributed by atoms with Crippen LogP contribution in [-0.4, -0.2) is 43.1 Å². The molecule has 6 nitrogen and oxygen atoms in total. The lowest BCUT2D eigenvalue weighted by Crippen LogP contribution is -2.27. The standard InChI is InChI=1S/C6H11N3O3S/c1-7-6(11)12-8-4(13)5(10)9(2)3/h1-3H3,(H,7,11)(H,8,13). The van der Waals surface area contributed by atoms with E-state index in [-0.39, 0.29) is 5.04 Å². The van der Waals surface area contributed by atoms with Gasteiger partial charge in [0.15, 0.2) is 5.04 Å². The van der Waals surface area contributed by atoms with E-state index in [0.717, 1.165) is 0 Å². The van der Waals surface area contributed by atoms with Crippen LogP contribution < -0.4 is 5.32 Å². The van der Waals surface area contributed by atoms with Crippen LogP contribution >= 0.6 is 12.6 Å². The third kappa shape index (κ3) is 4.36. The monoisotopic (exact) mass is 205 g/mol. The highest BCUT2D eigenvalue weighted by Crippen LogP contribution is 1.92. The van der Waals surface area contributed by atoms with E-state index in [2.05, 4.69) is 27.9 Å². The van der Waals surface area contributed by atoms with Crippen LogP contribution in [-0.2, 0) is 9.63 Å². The highest BCUT2D eigenvalue weighted by atomic mass is 32.1. The van der Waals surface area contributed by atoms with Crippen molar-refractivity contribution in [3.05, 3.63) is 0 Å². The van der Waals surface area contributed by atoms with E-state index in [1.54, 1.807) is 0 Å². The molecule has 13 heavy (non-hydrogen) atoms. The van der Waals surface area contributed by atoms with E-state index in [4.69, 9.17) is 0 Å². The Balaban J connectivity index is 4.17. The van der Waals surface area contributed by atoms with Crippen molar-refractivity contribution in [2.75, 3.05) is 21.1 Å². The highest BCUT2D eigenvalue weighted by molar-refractivity contribution is 7.99. The zero-order valence-electron chi connectivity index (χ0n) is 7.57. The van der Waals surface area contributed by atoms with Crippen molar-refractivity contribution in [3.8, 4) is 0 Å². The van der Waals surface area contributed by atoms with E-state index in [0.29, 0.717) is 0 Å². The summed E-state index contributed by atoms with van der Waals surface area (Å²) in [4.78, 5) is 27.1. The largest absolute Gasteiger partial charge is 0.433 e. The molecule has 0 saturated heterocycles. The summed E-state index contributed by atoms with van der Waals surface area (Å²) < 4.78 is 0. The van der Waals surface area contributed by atoms with Crippen molar-refractivity contribution < 1.29 is 14.4 Å². The summed E-state index contributed by atoms with van der Waals surface area (Å²) in [6.07, 6.45) is -0.752. The van der Waals surface area contributed by atoms with Gasteiger partial charge in [-0.1, -0.05) is 5.16 Å². The first-order valence-corrected chi connectivity index (χ1v) is 3.81. The summed E-state index contributed by atoms with van der Waals surface area (Å²) in [7, 11) is 4.45. The Morgan fingerprint density at radius 2 is 2.00 bits per heavy atom. The summed E-state index contributed by atoms with van der Waals surface area (Å²) in [5.74, 6) is -0.438. The minimum atomic E-state index is -0.752. The number of hydrogen-bond acceptors (Lipinski definition) is 4. The Kier molecular flexibility index (Phi) is 4.90. The molecule has 0 fully saturated rings. The molecular weight excluding hydrogens is 194 g/mol. The van der Waals surface area contributed by atoms with Crippen LogP contribution in [0.1, 0.15) is 0 Å². The predicted octanol–water partition coefficient (Wildman–Crippen LogP) is -0.326. The molecule has 0 rings (SSSR count). The number of carbonyl (C=O) groups is 2. The van der Waals surface area contributed by atoms with Crippen molar-refractivity contribution in [2.45, 2.75) is 0 Å². The molecule has 0 aromatic rings. The Bertz CT molecular complexity index is 239. The summed E-state index contributed by atoms with van der Waals surface area (Å²) in [6.45, 7) is 0. The number of thiol groups is 1. The Labute approximate surface area is 81.3 Å². The van der Waals surface area contributed by atoms with Crippen molar-refractivity contribution in [2.24, 2.45) is 5.16 Å². The molecule has 0 saturated carbocycles. The predicted molar refractivity (Wildman–Crippen MR) is 50.7 cm³/mol. The lowest BCUT2D eigenvalue weighted by atomic mass is 10.6. The topological polar surface area (TPSA) is 71.0 Å². The number of nitrogens with one attached hydrogen (secondary N) is 1. The van der Waals surface area contributed by atoms with Gasteiger partial charge in [0.1, 0.15) is 0 Å². The van der Waals surface area contributed by atoms with E-state index < -0.39 is 12.0 Å². The number of oxime groups is 1. The zero-order chi connectivity index (χ0) is 10.4. The molecule has 1 N–H and O–H groups in total. The second-order valence-electron chi connectivity index (χ2n) is 2.24. The molecule has 0 aliphatic rings. The van der Waals surface area contributed by atoms with Crippen molar-refractivity contribution in [1.82, 2.24) is 10.2 Å². The molecule has 0 unspecified atom stereocenters. The Morgan fingerprint density at radius 1 is 1.46 bits per heavy atom. The van der Waals surface area contributed by atoms with Crippen molar-refractivity contribution >= 4 is 29.7 Å². The number of nitrogens with zero attached hydrogens (tertiary/aromatic N) is 2. The maximum absolute atomic E-state index is 11.1. The first-order chi connectivity index (χ1) is 5.99. The lowest BCUT2D eigenvalue weighted by Gasteiger charge is -2.07. The second kappa shape index (κ2) is 5.41. The molecule has 0 heterocycles. The average molecular weight is 205 g/mol. The van der Waals surface area contributed by atoms with Gasteiger partial charge in [-0.2, -0.15) is 0 Å². The third-order valence-electron chi connectivity index (χ3n) is 1.02. The van der Waals surface area contributed by atoms with Crippen LogP contribution in [0.2, 0.25) is 0 Å². The quantitative estimate of drug-likeness (QED) is 0.213. The van der Waals surface area contributed by atoms with Gasteiger partial charge in [-0.15, -0.1) is 12.6 Å². The molecule has 0 aromatic carbocycles. The summed E-state index contributed by atoms with van der Waals surface area (Å²) in [5.41, 5.74) is 0. The van der Waals surface area contributed by atoms with Gasteiger partial charge in [-0.3, -0.25) is 9.63 Å². The van der Waals surface area contributed by atoms with Crippen molar-refractivity contribution in [3.63, 3.8) is 0 Å². The molecule has 0 radical (unpaired) electrons. The number of rotatable bonds is 2. The molecule has 74 valence electrons. The molecule has 0 aliphatic carbocycles. The van der Waals surface area contributed by atoms with E-state index in [9.17, 15) is 9.59 Å². The van der Waals surface area contributed by atoms with Gasteiger partial charge in [0.2, 0.25) is 0 Å². The Hall–Kier alpha value is -1.24. The lowest BCUT2D eigenvalue weighted by molar-refractivity contribution is -0.121. The smallest absolute Gasteiger partial charge is 0.343 e. The van der Waals surface area contributed by atoms with Crippen molar-refractivity contribution in [1.29, 1.82) is 0 Å². The second-order valence-corrected chi connectivity index (χ2v) is 2.67. The molecule has 2 amide bonds. The highest BCUT2D eigenvalue weighted by Gasteiger charge is 2.10. The minimum Gasteiger partial charge on any atom is -0.343 e. The molecule has 0 aromatic heterocycles. The van der Waals surface area contributed by atoms with Gasteiger partial charge in [0.25, 0.3) is 5.91 Å². The normalized spacial score (nSPS) is 10.6. The molecule has 7 heteroatoms. The van der Waals surface area contributed by atoms with Gasteiger partial charge in [-0.25, -0.2) is 4.79 Å². The van der Waals surface area contributed by atoms with Crippen LogP contribution in [0, 0.1) is 0 Å². The van der Waals surface area contributed by atoms with Crippen LogP contribution in [0.25, 0.3) is 0 Å². The third-order valence-corrected chi connectivity index (χ3v) is 1.29. The Morgan fingerprint density at radius 3 is 2.38 bits per heavy atom. The van der Waals surface area contributed by atoms with Gasteiger partial charge in [0, 0.05) is 21.1 Å². The van der Waals surface area contributed by atoms with Crippen LogP contribution in [0.15, 0.2) is 5.16 Å². The van der Waals surface area contributed by atoms with Crippen LogP contribution in [0.5, 0.6) is 0 Å². The molecule has 0 aliphatic heterocycles. The van der Waals surface area contributed by atoms with Gasteiger partial charge in [0.05, 0.1) is 0 Å². The fourth-order valence-electron chi connectivity index (χ4n) is 0.369. The van der Waals surface area contributed by atoms with E-state index >= 15 is 0 Å². The van der Waals surface area contributed by atoms with E-state index in [1.807, 2.05) is 0 Å². The fraction of sp³-hybridized carbons (Fsp3) is 0.500. The van der Waals surface area contributed by atoms with E-state index in [1.165, 1.54) is 26.0 Å². The number of carbonyl (C=O) groups excluding carboxylic acids is 2. The maximum Gasteiger partial charge on any atom is 0.433 e. The van der Waals surface area contributed by atoms with Crippen LogP contribution in [0.3, 0.4) is 0 Å². The molecule has 0 atom stereocenters. The number of amides is 2. The maximum atomic E-state index is 11.1. The van der Waals surface area contributed by atoms with Gasteiger partial charge >= 0.3 is 6.09 Å². The SMILES string of the molecule is CNC(=O)ON=C(S)C(=O)N(C)C. The average Bonchev–Trinajstić information content (AvgIpc) is 2.11. The first kappa shape index (κ1) is 11.8. The summed E-state index contributed by atoms with van der Waals surface area (Å²) in [6, 6.07) is 0. The summed E-state index contributed by atoms with van der Waals surface area (Å²) >= 11 is 3.73. The van der Waals surface area contributed by atoms with Crippen LogP contribution in [0.4, 0.5) is 4.79 Å². The van der Waals surface area contributed by atoms with Gasteiger partial charge < -0.3 is 10.2 Å². The molecule has 0 spiro atoms. The summed E-state index contributed by atoms with van der Waals surface area (Å²) in [5, 5.41) is 5.17. The fourth-order valence-corrected chi connectivity index (χ4v) is 0.610. The zero-order valence-corrected chi connectivity index (χ0v) is 8.46. The number of hydrogen-bond donors (Lipinski definition) is 2. The first-order valence-electron chi connectivity index (χ1n) is 3.36. The van der Waals surface area contributed by atoms with Gasteiger partial charge in [-0.05, 0) is 0 Å².